The Labute approximate surface area is 108 Å². The quantitative estimate of drug-likeness (QED) is 0.718. The lowest BCUT2D eigenvalue weighted by Crippen LogP contribution is -2.49. The van der Waals surface area contributed by atoms with E-state index in [4.69, 9.17) is 0 Å². The molecule has 0 spiro atoms. The molecule has 102 valence electrons. The van der Waals surface area contributed by atoms with E-state index in [1.165, 1.54) is 32.4 Å². The Balaban J connectivity index is 2.20. The number of piperidine rings is 1. The fourth-order valence-electron chi connectivity index (χ4n) is 2.90. The molecule has 0 aromatic carbocycles. The minimum Gasteiger partial charge on any atom is -0.315 e. The van der Waals surface area contributed by atoms with Crippen molar-refractivity contribution in [3.05, 3.63) is 0 Å². The summed E-state index contributed by atoms with van der Waals surface area (Å²) >= 11 is 0. The number of hydrogen-bond acceptors (Lipinski definition) is 2. The molecule has 1 aliphatic rings. The summed E-state index contributed by atoms with van der Waals surface area (Å²) < 4.78 is 0. The van der Waals surface area contributed by atoms with Crippen LogP contribution in [0.15, 0.2) is 0 Å². The van der Waals surface area contributed by atoms with Gasteiger partial charge in [-0.15, -0.1) is 0 Å². The van der Waals surface area contributed by atoms with Gasteiger partial charge in [-0.1, -0.05) is 20.8 Å². The zero-order chi connectivity index (χ0) is 12.8. The third-order valence-electron chi connectivity index (χ3n) is 4.09. The number of nitrogens with one attached hydrogen (secondary N) is 1. The van der Waals surface area contributed by atoms with Crippen LogP contribution in [0.2, 0.25) is 0 Å². The van der Waals surface area contributed by atoms with Gasteiger partial charge >= 0.3 is 0 Å². The van der Waals surface area contributed by atoms with Gasteiger partial charge in [0.25, 0.3) is 0 Å². The molecule has 2 nitrogen and oxygen atoms in total. The highest BCUT2D eigenvalue weighted by Gasteiger charge is 2.25. The average molecular weight is 240 g/mol. The maximum atomic E-state index is 3.60. The van der Waals surface area contributed by atoms with Gasteiger partial charge < -0.3 is 5.32 Å². The van der Waals surface area contributed by atoms with Crippen molar-refractivity contribution in [3.63, 3.8) is 0 Å². The van der Waals surface area contributed by atoms with Crippen molar-refractivity contribution in [2.75, 3.05) is 19.6 Å². The summed E-state index contributed by atoms with van der Waals surface area (Å²) in [5.41, 5.74) is 0. The van der Waals surface area contributed by atoms with Crippen molar-refractivity contribution in [2.45, 2.75) is 66.0 Å². The molecular formula is C15H32N2. The first kappa shape index (κ1) is 15.0. The monoisotopic (exact) mass is 240 g/mol. The fourth-order valence-corrected chi connectivity index (χ4v) is 2.90. The summed E-state index contributed by atoms with van der Waals surface area (Å²) in [6.07, 6.45) is 4.04. The predicted octanol–water partition coefficient (Wildman–Crippen LogP) is 3.13. The van der Waals surface area contributed by atoms with Gasteiger partial charge in [0.2, 0.25) is 0 Å². The van der Waals surface area contributed by atoms with Crippen LogP contribution >= 0.6 is 0 Å². The standard InChI is InChI=1S/C15H32N2/c1-12(2)6-8-16-11-15(5)17-9-7-13(3)10-14(17)4/h12-16H,6-11H2,1-5H3. The molecule has 0 bridgehead atoms. The first-order valence-electron chi connectivity index (χ1n) is 7.47. The second kappa shape index (κ2) is 7.38. The molecule has 0 aliphatic carbocycles. The van der Waals surface area contributed by atoms with Crippen LogP contribution in [-0.4, -0.2) is 36.6 Å². The molecule has 1 heterocycles. The zero-order valence-electron chi connectivity index (χ0n) is 12.5. The number of hydrogen-bond donors (Lipinski definition) is 1. The van der Waals surface area contributed by atoms with Crippen molar-refractivity contribution in [1.82, 2.24) is 10.2 Å². The van der Waals surface area contributed by atoms with Gasteiger partial charge in [-0.3, -0.25) is 4.90 Å². The van der Waals surface area contributed by atoms with E-state index < -0.39 is 0 Å². The third kappa shape index (κ3) is 5.39. The fraction of sp³-hybridized carbons (Fsp3) is 1.00. The first-order chi connectivity index (χ1) is 8.00. The minimum absolute atomic E-state index is 0.685. The van der Waals surface area contributed by atoms with Gasteiger partial charge in [-0.25, -0.2) is 0 Å². The minimum atomic E-state index is 0.685. The maximum Gasteiger partial charge on any atom is 0.0195 e. The molecule has 3 unspecified atom stereocenters. The highest BCUT2D eigenvalue weighted by Crippen LogP contribution is 2.23. The second-order valence-electron chi connectivity index (χ2n) is 6.45. The van der Waals surface area contributed by atoms with Gasteiger partial charge in [-0.2, -0.15) is 0 Å². The summed E-state index contributed by atoms with van der Waals surface area (Å²) in [5, 5.41) is 3.60. The lowest BCUT2D eigenvalue weighted by Gasteiger charge is -2.40. The average Bonchev–Trinajstić information content (AvgIpc) is 2.23. The van der Waals surface area contributed by atoms with Crippen LogP contribution in [0.3, 0.4) is 0 Å². The number of nitrogens with zero attached hydrogens (tertiary/aromatic N) is 1. The van der Waals surface area contributed by atoms with Crippen molar-refractivity contribution in [2.24, 2.45) is 11.8 Å². The van der Waals surface area contributed by atoms with E-state index in [2.05, 4.69) is 44.8 Å². The van der Waals surface area contributed by atoms with E-state index in [-0.39, 0.29) is 0 Å². The van der Waals surface area contributed by atoms with Crippen molar-refractivity contribution >= 4 is 0 Å². The topological polar surface area (TPSA) is 15.3 Å². The van der Waals surface area contributed by atoms with Crippen LogP contribution in [0.5, 0.6) is 0 Å². The summed E-state index contributed by atoms with van der Waals surface area (Å²) in [4.78, 5) is 2.68. The van der Waals surface area contributed by atoms with Crippen LogP contribution in [0.4, 0.5) is 0 Å². The van der Waals surface area contributed by atoms with Gasteiger partial charge in [0.05, 0.1) is 0 Å². The molecule has 3 atom stereocenters. The molecule has 1 rings (SSSR count). The molecule has 0 amide bonds. The zero-order valence-corrected chi connectivity index (χ0v) is 12.5. The van der Waals surface area contributed by atoms with Crippen LogP contribution in [-0.2, 0) is 0 Å². The molecular weight excluding hydrogens is 208 g/mol. The van der Waals surface area contributed by atoms with Gasteiger partial charge in [0, 0.05) is 18.6 Å². The van der Waals surface area contributed by atoms with E-state index in [1.54, 1.807) is 0 Å². The summed E-state index contributed by atoms with van der Waals surface area (Å²) in [5.74, 6) is 1.73. The summed E-state index contributed by atoms with van der Waals surface area (Å²) in [7, 11) is 0. The second-order valence-corrected chi connectivity index (χ2v) is 6.45. The molecule has 0 aromatic heterocycles. The predicted molar refractivity (Wildman–Crippen MR) is 76.4 cm³/mol. The molecule has 2 heteroatoms. The lowest BCUT2D eigenvalue weighted by molar-refractivity contribution is 0.0889. The van der Waals surface area contributed by atoms with Crippen molar-refractivity contribution < 1.29 is 0 Å². The van der Waals surface area contributed by atoms with Crippen molar-refractivity contribution in [3.8, 4) is 0 Å². The molecule has 1 aliphatic heterocycles. The van der Waals surface area contributed by atoms with E-state index in [0.29, 0.717) is 6.04 Å². The number of rotatable bonds is 6. The van der Waals surface area contributed by atoms with Gasteiger partial charge in [0.15, 0.2) is 0 Å². The normalized spacial score (nSPS) is 28.6. The van der Waals surface area contributed by atoms with Crippen LogP contribution in [0.25, 0.3) is 0 Å². The van der Waals surface area contributed by atoms with Gasteiger partial charge in [0.1, 0.15) is 0 Å². The van der Waals surface area contributed by atoms with Crippen LogP contribution in [0.1, 0.15) is 53.9 Å². The smallest absolute Gasteiger partial charge is 0.0195 e. The third-order valence-corrected chi connectivity index (χ3v) is 4.09. The molecule has 1 fully saturated rings. The Kier molecular flexibility index (Phi) is 6.50. The van der Waals surface area contributed by atoms with Crippen molar-refractivity contribution in [1.29, 1.82) is 0 Å². The van der Waals surface area contributed by atoms with Gasteiger partial charge in [-0.05, 0) is 58.0 Å². The maximum absolute atomic E-state index is 3.60. The Bertz CT molecular complexity index is 203. The lowest BCUT2D eigenvalue weighted by atomic mass is 9.92. The Hall–Kier alpha value is -0.0800. The summed E-state index contributed by atoms with van der Waals surface area (Å²) in [6.45, 7) is 15.3. The SMILES string of the molecule is CC(C)CCNCC(C)N1CCC(C)CC1C. The molecule has 1 N–H and O–H groups in total. The molecule has 0 saturated carbocycles. The Morgan fingerprint density at radius 2 is 1.94 bits per heavy atom. The highest BCUT2D eigenvalue weighted by atomic mass is 15.2. The van der Waals surface area contributed by atoms with Crippen LogP contribution < -0.4 is 5.32 Å². The molecule has 1 saturated heterocycles. The first-order valence-corrected chi connectivity index (χ1v) is 7.47. The molecule has 0 radical (unpaired) electrons. The van der Waals surface area contributed by atoms with E-state index in [9.17, 15) is 0 Å². The van der Waals surface area contributed by atoms with E-state index in [0.717, 1.165) is 24.4 Å². The van der Waals surface area contributed by atoms with Crippen LogP contribution in [0, 0.1) is 11.8 Å². The largest absolute Gasteiger partial charge is 0.315 e. The summed E-state index contributed by atoms with van der Waals surface area (Å²) in [6, 6.07) is 1.45. The van der Waals surface area contributed by atoms with E-state index >= 15 is 0 Å². The van der Waals surface area contributed by atoms with E-state index in [1.807, 2.05) is 0 Å². The molecule has 0 aromatic rings. The Morgan fingerprint density at radius 3 is 2.53 bits per heavy atom. The highest BCUT2D eigenvalue weighted by molar-refractivity contribution is 4.81. The number of likely N-dealkylation sites (tertiary alicyclic amines) is 1. The molecule has 17 heavy (non-hydrogen) atoms. The Morgan fingerprint density at radius 1 is 1.24 bits per heavy atom.